The molecular formula is C11H9IN. The van der Waals surface area contributed by atoms with Crippen LogP contribution >= 0.6 is 22.6 Å². The molecule has 0 aliphatic carbocycles. The van der Waals surface area contributed by atoms with Crippen molar-refractivity contribution in [3.8, 4) is 6.07 Å². The molecule has 0 saturated carbocycles. The maximum atomic E-state index is 8.72. The fourth-order valence-electron chi connectivity index (χ4n) is 1.01. The Balaban J connectivity index is 3.20. The highest BCUT2D eigenvalue weighted by Gasteiger charge is 2.06. The Morgan fingerprint density at radius 1 is 1.62 bits per heavy atom. The Labute approximate surface area is 92.2 Å². The van der Waals surface area contributed by atoms with Gasteiger partial charge in [0.1, 0.15) is 0 Å². The van der Waals surface area contributed by atoms with E-state index in [2.05, 4.69) is 35.2 Å². The number of nitrogens with zero attached hydrogens (tertiary/aromatic N) is 1. The minimum atomic E-state index is 0.691. The second kappa shape index (κ2) is 4.43. The lowest BCUT2D eigenvalue weighted by molar-refractivity contribution is 1.23. The summed E-state index contributed by atoms with van der Waals surface area (Å²) < 4.78 is 1.15. The Bertz CT molecular complexity index is 363. The molecule has 0 saturated heterocycles. The average molecular weight is 282 g/mol. The van der Waals surface area contributed by atoms with Crippen LogP contribution in [0.15, 0.2) is 30.9 Å². The molecule has 0 unspecified atom stereocenters. The van der Waals surface area contributed by atoms with Crippen LogP contribution < -0.4 is 0 Å². The van der Waals surface area contributed by atoms with Crippen molar-refractivity contribution >= 4 is 22.6 Å². The number of rotatable bonds is 2. The van der Waals surface area contributed by atoms with Crippen LogP contribution in [-0.4, -0.2) is 0 Å². The van der Waals surface area contributed by atoms with Crippen LogP contribution in [-0.2, 0) is 0 Å². The van der Waals surface area contributed by atoms with Crippen molar-refractivity contribution < 1.29 is 0 Å². The molecule has 0 spiro atoms. The third kappa shape index (κ3) is 2.31. The van der Waals surface area contributed by atoms with Crippen LogP contribution in [0.2, 0.25) is 0 Å². The summed E-state index contributed by atoms with van der Waals surface area (Å²) in [5.74, 6) is 1.10. The minimum Gasteiger partial charge on any atom is -0.192 e. The summed E-state index contributed by atoms with van der Waals surface area (Å²) in [5, 5.41) is 8.72. The smallest absolute Gasteiger partial charge is 0.0991 e. The van der Waals surface area contributed by atoms with Crippen LogP contribution in [0.25, 0.3) is 0 Å². The number of allylic oxidation sites excluding steroid dienone is 1. The van der Waals surface area contributed by atoms with E-state index in [9.17, 15) is 0 Å². The molecule has 2 heteroatoms. The number of hydrogen-bond donors (Lipinski definition) is 0. The van der Waals surface area contributed by atoms with Gasteiger partial charge in [0.15, 0.2) is 0 Å². The van der Waals surface area contributed by atoms with Crippen LogP contribution in [0.1, 0.15) is 18.1 Å². The van der Waals surface area contributed by atoms with Crippen molar-refractivity contribution in [3.63, 3.8) is 0 Å². The van der Waals surface area contributed by atoms with Crippen molar-refractivity contribution in [1.29, 1.82) is 5.26 Å². The van der Waals surface area contributed by atoms with Gasteiger partial charge in [-0.3, -0.25) is 0 Å². The lowest BCUT2D eigenvalue weighted by Gasteiger charge is -2.08. The molecule has 0 bridgehead atoms. The van der Waals surface area contributed by atoms with Crippen LogP contribution in [0.3, 0.4) is 0 Å². The molecule has 1 aromatic carbocycles. The van der Waals surface area contributed by atoms with Crippen molar-refractivity contribution in [1.82, 2.24) is 0 Å². The maximum absolute atomic E-state index is 8.72. The molecule has 0 N–H and O–H groups in total. The fraction of sp³-hybridized carbons (Fsp3) is 0.0909. The quantitative estimate of drug-likeness (QED) is 0.763. The van der Waals surface area contributed by atoms with Gasteiger partial charge in [-0.15, -0.1) is 6.58 Å². The van der Waals surface area contributed by atoms with Gasteiger partial charge in [0.05, 0.1) is 11.6 Å². The van der Waals surface area contributed by atoms with Crippen molar-refractivity contribution in [3.05, 3.63) is 51.5 Å². The van der Waals surface area contributed by atoms with Crippen molar-refractivity contribution in [2.75, 3.05) is 0 Å². The van der Waals surface area contributed by atoms with E-state index in [1.807, 2.05) is 25.1 Å². The molecule has 0 heterocycles. The van der Waals surface area contributed by atoms with E-state index in [1.54, 1.807) is 6.08 Å². The standard InChI is InChI=1S/C11H9IN/c1-3-8(2)10-6-9(7-13)4-5-11(10)12/h3-6H,1H2,2H3. The number of halogens is 1. The first-order valence-electron chi connectivity index (χ1n) is 3.85. The summed E-state index contributed by atoms with van der Waals surface area (Å²) in [4.78, 5) is 0. The van der Waals surface area contributed by atoms with Gasteiger partial charge in [-0.05, 0) is 46.4 Å². The first kappa shape index (κ1) is 10.3. The van der Waals surface area contributed by atoms with E-state index in [1.165, 1.54) is 0 Å². The zero-order chi connectivity index (χ0) is 9.84. The number of benzene rings is 1. The number of hydrogen-bond acceptors (Lipinski definition) is 1. The largest absolute Gasteiger partial charge is 0.192 e. The van der Waals surface area contributed by atoms with Gasteiger partial charge in [-0.2, -0.15) is 5.26 Å². The van der Waals surface area contributed by atoms with E-state index in [4.69, 9.17) is 5.26 Å². The third-order valence-corrected chi connectivity index (χ3v) is 2.77. The third-order valence-electron chi connectivity index (χ3n) is 1.83. The van der Waals surface area contributed by atoms with E-state index >= 15 is 0 Å². The predicted molar refractivity (Wildman–Crippen MR) is 62.1 cm³/mol. The first-order chi connectivity index (χ1) is 6.19. The Morgan fingerprint density at radius 2 is 2.31 bits per heavy atom. The second-order valence-corrected chi connectivity index (χ2v) is 3.86. The van der Waals surface area contributed by atoms with E-state index in [-0.39, 0.29) is 0 Å². The zero-order valence-electron chi connectivity index (χ0n) is 7.34. The molecule has 13 heavy (non-hydrogen) atoms. The maximum Gasteiger partial charge on any atom is 0.0991 e. The van der Waals surface area contributed by atoms with Gasteiger partial charge in [0.25, 0.3) is 0 Å². The highest BCUT2D eigenvalue weighted by atomic mass is 127. The van der Waals surface area contributed by atoms with Gasteiger partial charge in [0.2, 0.25) is 0 Å². The molecule has 1 aromatic rings. The zero-order valence-corrected chi connectivity index (χ0v) is 9.50. The summed E-state index contributed by atoms with van der Waals surface area (Å²) in [6.45, 7) is 5.70. The van der Waals surface area contributed by atoms with E-state index < -0.39 is 0 Å². The first-order valence-corrected chi connectivity index (χ1v) is 4.93. The lowest BCUT2D eigenvalue weighted by Crippen LogP contribution is -1.94. The van der Waals surface area contributed by atoms with Crippen molar-refractivity contribution in [2.24, 2.45) is 0 Å². The van der Waals surface area contributed by atoms with E-state index in [0.29, 0.717) is 5.56 Å². The Hall–Kier alpha value is -0.820. The van der Waals surface area contributed by atoms with Crippen LogP contribution in [0.4, 0.5) is 0 Å². The molecule has 65 valence electrons. The van der Waals surface area contributed by atoms with E-state index in [0.717, 1.165) is 15.1 Å². The Kier molecular flexibility index (Phi) is 3.49. The SMILES string of the molecule is C=C[C](C)c1cc(C#N)ccc1I. The molecule has 0 aliphatic heterocycles. The van der Waals surface area contributed by atoms with Crippen LogP contribution in [0, 0.1) is 20.8 Å². The summed E-state index contributed by atoms with van der Waals surface area (Å²) in [5.41, 5.74) is 1.78. The highest BCUT2D eigenvalue weighted by molar-refractivity contribution is 14.1. The molecule has 0 aromatic heterocycles. The molecule has 0 fully saturated rings. The molecule has 0 aliphatic rings. The molecule has 1 radical (unpaired) electrons. The molecule has 1 rings (SSSR count). The van der Waals surface area contributed by atoms with Crippen molar-refractivity contribution in [2.45, 2.75) is 6.92 Å². The van der Waals surface area contributed by atoms with Gasteiger partial charge in [-0.1, -0.05) is 13.0 Å². The van der Waals surface area contributed by atoms with Gasteiger partial charge in [0, 0.05) is 9.49 Å². The topological polar surface area (TPSA) is 23.8 Å². The monoisotopic (exact) mass is 282 g/mol. The van der Waals surface area contributed by atoms with Crippen LogP contribution in [0.5, 0.6) is 0 Å². The minimum absolute atomic E-state index is 0.691. The number of nitriles is 1. The lowest BCUT2D eigenvalue weighted by atomic mass is 10.00. The van der Waals surface area contributed by atoms with Gasteiger partial charge >= 0.3 is 0 Å². The molecule has 1 nitrogen and oxygen atoms in total. The fourth-order valence-corrected chi connectivity index (χ4v) is 1.77. The highest BCUT2D eigenvalue weighted by Crippen LogP contribution is 2.22. The second-order valence-electron chi connectivity index (χ2n) is 2.69. The normalized spacial score (nSPS) is 9.69. The molecular weight excluding hydrogens is 273 g/mol. The summed E-state index contributed by atoms with van der Waals surface area (Å²) in [6.07, 6.45) is 1.80. The molecule has 0 atom stereocenters. The summed E-state index contributed by atoms with van der Waals surface area (Å²) in [6, 6.07) is 7.78. The Morgan fingerprint density at radius 3 is 2.85 bits per heavy atom. The van der Waals surface area contributed by atoms with Gasteiger partial charge in [-0.25, -0.2) is 0 Å². The predicted octanol–water partition coefficient (Wildman–Crippen LogP) is 3.29. The summed E-state index contributed by atoms with van der Waals surface area (Å²) >= 11 is 2.25. The van der Waals surface area contributed by atoms with Gasteiger partial charge < -0.3 is 0 Å². The molecule has 0 amide bonds. The summed E-state index contributed by atoms with van der Waals surface area (Å²) in [7, 11) is 0. The average Bonchev–Trinajstić information content (AvgIpc) is 2.17.